The smallest absolute Gasteiger partial charge is 0.132 e. The Bertz CT molecular complexity index is 584. The lowest BCUT2D eigenvalue weighted by Gasteiger charge is -2.15. The Hall–Kier alpha value is -1.45. The molecule has 106 valence electrons. The minimum absolute atomic E-state index is 0.273. The second-order valence-electron chi connectivity index (χ2n) is 4.87. The molecule has 3 nitrogen and oxygen atoms in total. The molecule has 0 radical (unpaired) electrons. The second kappa shape index (κ2) is 6.82. The summed E-state index contributed by atoms with van der Waals surface area (Å²) in [5, 5.41) is 4.14. The topological polar surface area (TPSA) is 37.8 Å². The van der Waals surface area contributed by atoms with Crippen LogP contribution in [-0.2, 0) is 6.42 Å². The molecule has 0 spiro atoms. The van der Waals surface area contributed by atoms with E-state index in [1.807, 2.05) is 37.4 Å². The number of hydrogen-bond acceptors (Lipinski definition) is 3. The van der Waals surface area contributed by atoms with Crippen molar-refractivity contribution < 1.29 is 0 Å². The zero-order valence-corrected chi connectivity index (χ0v) is 12.9. The maximum absolute atomic E-state index is 6.17. The van der Waals surface area contributed by atoms with Crippen LogP contribution in [0.3, 0.4) is 0 Å². The summed E-state index contributed by atoms with van der Waals surface area (Å²) < 4.78 is 0. The molecule has 0 saturated heterocycles. The van der Waals surface area contributed by atoms with Crippen LogP contribution in [-0.4, -0.2) is 16.5 Å². The van der Waals surface area contributed by atoms with Gasteiger partial charge in [0.05, 0.1) is 0 Å². The van der Waals surface area contributed by atoms with E-state index in [2.05, 4.69) is 29.1 Å². The van der Waals surface area contributed by atoms with E-state index >= 15 is 0 Å². The highest BCUT2D eigenvalue weighted by Crippen LogP contribution is 2.19. The van der Waals surface area contributed by atoms with Gasteiger partial charge in [-0.05, 0) is 32.0 Å². The minimum atomic E-state index is 0.273. The van der Waals surface area contributed by atoms with Gasteiger partial charge in [0.2, 0.25) is 0 Å². The largest absolute Gasteiger partial charge is 0.310 e. The molecule has 0 bridgehead atoms. The monoisotopic (exact) mass is 289 g/mol. The molecule has 1 heterocycles. The van der Waals surface area contributed by atoms with Crippen LogP contribution in [0.1, 0.15) is 42.5 Å². The lowest BCUT2D eigenvalue weighted by Crippen LogP contribution is -2.19. The first-order valence-corrected chi connectivity index (χ1v) is 7.28. The Morgan fingerprint density at radius 3 is 2.70 bits per heavy atom. The van der Waals surface area contributed by atoms with Crippen LogP contribution in [0.5, 0.6) is 0 Å². The Morgan fingerprint density at radius 2 is 2.05 bits per heavy atom. The van der Waals surface area contributed by atoms with Crippen molar-refractivity contribution in [3.8, 4) is 0 Å². The fourth-order valence-electron chi connectivity index (χ4n) is 2.26. The molecule has 0 amide bonds. The average molecular weight is 290 g/mol. The summed E-state index contributed by atoms with van der Waals surface area (Å²) in [5.41, 5.74) is 3.23. The maximum Gasteiger partial charge on any atom is 0.132 e. The number of hydrogen-bond donors (Lipinski definition) is 1. The summed E-state index contributed by atoms with van der Waals surface area (Å²) in [6.07, 6.45) is 2.58. The van der Waals surface area contributed by atoms with Gasteiger partial charge >= 0.3 is 0 Å². The molecule has 20 heavy (non-hydrogen) atoms. The normalized spacial score (nSPS) is 12.4. The minimum Gasteiger partial charge on any atom is -0.310 e. The highest BCUT2D eigenvalue weighted by Gasteiger charge is 2.10. The number of aromatic nitrogens is 2. The van der Waals surface area contributed by atoms with Gasteiger partial charge in [-0.2, -0.15) is 0 Å². The molecule has 1 atom stereocenters. The van der Waals surface area contributed by atoms with Crippen molar-refractivity contribution in [1.82, 2.24) is 15.3 Å². The number of aryl methyl sites for hydroxylation is 1. The SMILES string of the molecule is CCNC(C)c1cnc(Cc2ccccc2Cl)nc1C. The van der Waals surface area contributed by atoms with Crippen LogP contribution in [0.2, 0.25) is 5.02 Å². The van der Waals surface area contributed by atoms with Crippen LogP contribution in [0.25, 0.3) is 0 Å². The van der Waals surface area contributed by atoms with Gasteiger partial charge < -0.3 is 5.32 Å². The summed E-state index contributed by atoms with van der Waals surface area (Å²) in [7, 11) is 0. The summed E-state index contributed by atoms with van der Waals surface area (Å²) in [4.78, 5) is 9.07. The molecule has 1 aromatic heterocycles. The highest BCUT2D eigenvalue weighted by molar-refractivity contribution is 6.31. The fraction of sp³-hybridized carbons (Fsp3) is 0.375. The van der Waals surface area contributed by atoms with Gasteiger partial charge in [-0.15, -0.1) is 0 Å². The Labute approximate surface area is 125 Å². The summed E-state index contributed by atoms with van der Waals surface area (Å²) in [5.74, 6) is 0.808. The van der Waals surface area contributed by atoms with Gasteiger partial charge in [-0.1, -0.05) is 36.7 Å². The zero-order chi connectivity index (χ0) is 14.5. The van der Waals surface area contributed by atoms with Crippen molar-refractivity contribution in [3.05, 3.63) is 58.1 Å². The third-order valence-electron chi connectivity index (χ3n) is 3.35. The van der Waals surface area contributed by atoms with E-state index in [9.17, 15) is 0 Å². The molecule has 2 rings (SSSR count). The maximum atomic E-state index is 6.17. The molecule has 1 aromatic carbocycles. The number of nitrogens with one attached hydrogen (secondary N) is 1. The molecule has 2 aromatic rings. The van der Waals surface area contributed by atoms with Crippen LogP contribution in [0, 0.1) is 6.92 Å². The molecule has 0 aliphatic rings. The Kier molecular flexibility index (Phi) is 5.10. The van der Waals surface area contributed by atoms with Crippen LogP contribution in [0.15, 0.2) is 30.5 Å². The van der Waals surface area contributed by atoms with Crippen LogP contribution >= 0.6 is 11.6 Å². The van der Waals surface area contributed by atoms with Crippen molar-refractivity contribution >= 4 is 11.6 Å². The lowest BCUT2D eigenvalue weighted by molar-refractivity contribution is 0.588. The number of halogens is 1. The fourth-order valence-corrected chi connectivity index (χ4v) is 2.47. The Morgan fingerprint density at radius 1 is 1.30 bits per heavy atom. The van der Waals surface area contributed by atoms with Crippen LogP contribution < -0.4 is 5.32 Å². The van der Waals surface area contributed by atoms with Gasteiger partial charge in [0.25, 0.3) is 0 Å². The standard InChI is InChI=1S/C16H20ClN3/c1-4-18-11(2)14-10-19-16(20-12(14)3)9-13-7-5-6-8-15(13)17/h5-8,10-11,18H,4,9H2,1-3H3. The average Bonchev–Trinajstić information content (AvgIpc) is 2.42. The zero-order valence-electron chi connectivity index (χ0n) is 12.2. The molecule has 0 aliphatic heterocycles. The third-order valence-corrected chi connectivity index (χ3v) is 3.72. The molecular weight excluding hydrogens is 270 g/mol. The van der Waals surface area contributed by atoms with Crippen molar-refractivity contribution in [2.75, 3.05) is 6.54 Å². The predicted octanol–water partition coefficient (Wildman–Crippen LogP) is 3.70. The van der Waals surface area contributed by atoms with Crippen molar-refractivity contribution in [2.45, 2.75) is 33.2 Å². The highest BCUT2D eigenvalue weighted by atomic mass is 35.5. The first-order valence-electron chi connectivity index (χ1n) is 6.91. The number of nitrogens with zero attached hydrogens (tertiary/aromatic N) is 2. The first kappa shape index (κ1) is 14.9. The van der Waals surface area contributed by atoms with Gasteiger partial charge in [0.15, 0.2) is 0 Å². The Balaban J connectivity index is 2.19. The van der Waals surface area contributed by atoms with E-state index in [1.54, 1.807) is 0 Å². The summed E-state index contributed by atoms with van der Waals surface area (Å²) >= 11 is 6.17. The van der Waals surface area contributed by atoms with Crippen molar-refractivity contribution in [2.24, 2.45) is 0 Å². The van der Waals surface area contributed by atoms with E-state index in [0.29, 0.717) is 6.42 Å². The number of benzene rings is 1. The van der Waals surface area contributed by atoms with E-state index in [-0.39, 0.29) is 6.04 Å². The third kappa shape index (κ3) is 3.56. The van der Waals surface area contributed by atoms with Crippen LogP contribution in [0.4, 0.5) is 0 Å². The first-order chi connectivity index (χ1) is 9.61. The molecular formula is C16H20ClN3. The van der Waals surface area contributed by atoms with Crippen molar-refractivity contribution in [1.29, 1.82) is 0 Å². The predicted molar refractivity (Wildman–Crippen MR) is 83.1 cm³/mol. The van der Waals surface area contributed by atoms with E-state index in [1.165, 1.54) is 0 Å². The molecule has 0 saturated carbocycles. The summed E-state index contributed by atoms with van der Waals surface area (Å²) in [6, 6.07) is 8.09. The van der Waals surface area contributed by atoms with Gasteiger partial charge in [-0.25, -0.2) is 9.97 Å². The summed E-state index contributed by atoms with van der Waals surface area (Å²) in [6.45, 7) is 7.18. The lowest BCUT2D eigenvalue weighted by atomic mass is 10.1. The second-order valence-corrected chi connectivity index (χ2v) is 5.28. The van der Waals surface area contributed by atoms with Crippen molar-refractivity contribution in [3.63, 3.8) is 0 Å². The molecule has 1 unspecified atom stereocenters. The molecule has 0 aliphatic carbocycles. The van der Waals surface area contributed by atoms with E-state index in [4.69, 9.17) is 11.6 Å². The number of rotatable bonds is 5. The quantitative estimate of drug-likeness (QED) is 0.912. The molecule has 4 heteroatoms. The van der Waals surface area contributed by atoms with E-state index in [0.717, 1.165) is 34.2 Å². The van der Waals surface area contributed by atoms with Gasteiger partial charge in [0, 0.05) is 34.9 Å². The molecule has 0 fully saturated rings. The van der Waals surface area contributed by atoms with Gasteiger partial charge in [0.1, 0.15) is 5.82 Å². The van der Waals surface area contributed by atoms with E-state index < -0.39 is 0 Å². The van der Waals surface area contributed by atoms with Gasteiger partial charge in [-0.3, -0.25) is 0 Å². The molecule has 1 N–H and O–H groups in total.